The zero-order chi connectivity index (χ0) is 20.3. The third kappa shape index (κ3) is 4.35. The van der Waals surface area contributed by atoms with Crippen molar-refractivity contribution in [1.29, 1.82) is 0 Å². The molecule has 7 heteroatoms. The largest absolute Gasteiger partial charge is 0.465 e. The summed E-state index contributed by atoms with van der Waals surface area (Å²) < 4.78 is 33.3. The molecule has 4 nitrogen and oxygen atoms in total. The van der Waals surface area contributed by atoms with Crippen molar-refractivity contribution in [2.24, 2.45) is 11.8 Å². The Morgan fingerprint density at radius 2 is 2.00 bits per heavy atom. The van der Waals surface area contributed by atoms with E-state index in [-0.39, 0.29) is 29.5 Å². The number of ether oxygens (including phenoxy) is 1. The van der Waals surface area contributed by atoms with E-state index >= 15 is 0 Å². The minimum atomic E-state index is -0.825. The molecule has 28 heavy (non-hydrogen) atoms. The molecule has 2 atom stereocenters. The van der Waals surface area contributed by atoms with Gasteiger partial charge in [0.1, 0.15) is 17.2 Å². The minimum Gasteiger partial charge on any atom is -0.465 e. The predicted molar refractivity (Wildman–Crippen MR) is 105 cm³/mol. The van der Waals surface area contributed by atoms with Crippen LogP contribution in [0.4, 0.5) is 8.78 Å². The lowest BCUT2D eigenvalue weighted by atomic mass is 9.98. The Labute approximate surface area is 166 Å². The van der Waals surface area contributed by atoms with E-state index in [0.29, 0.717) is 17.0 Å². The van der Waals surface area contributed by atoms with Crippen molar-refractivity contribution < 1.29 is 23.1 Å². The molecule has 0 bridgehead atoms. The second-order valence-corrected chi connectivity index (χ2v) is 7.65. The highest BCUT2D eigenvalue weighted by atomic mass is 32.2. The normalized spacial score (nSPS) is 17.9. The third-order valence-corrected chi connectivity index (χ3v) is 5.62. The van der Waals surface area contributed by atoms with Crippen molar-refractivity contribution in [3.8, 4) is 11.1 Å². The average molecular weight is 405 g/mol. The van der Waals surface area contributed by atoms with Crippen LogP contribution in [0.15, 0.2) is 36.4 Å². The van der Waals surface area contributed by atoms with Gasteiger partial charge in [-0.1, -0.05) is 24.3 Å². The van der Waals surface area contributed by atoms with E-state index in [0.717, 1.165) is 25.3 Å². The van der Waals surface area contributed by atoms with Crippen LogP contribution in [0.25, 0.3) is 11.1 Å². The van der Waals surface area contributed by atoms with Gasteiger partial charge in [-0.2, -0.15) is 11.8 Å². The maximum Gasteiger partial charge on any atom is 0.341 e. The molecule has 0 aliphatic heterocycles. The Kier molecular flexibility index (Phi) is 6.34. The molecular weight excluding hydrogens is 384 g/mol. The molecule has 2 aromatic rings. The van der Waals surface area contributed by atoms with Gasteiger partial charge >= 0.3 is 5.97 Å². The monoisotopic (exact) mass is 405 g/mol. The first kappa shape index (κ1) is 20.3. The van der Waals surface area contributed by atoms with Crippen molar-refractivity contribution in [3.05, 3.63) is 59.2 Å². The Bertz CT molecular complexity index is 903. The van der Waals surface area contributed by atoms with E-state index < -0.39 is 17.6 Å². The van der Waals surface area contributed by atoms with Gasteiger partial charge in [0.25, 0.3) is 0 Å². The number of nitrogens with one attached hydrogen (secondary N) is 1. The first-order valence-corrected chi connectivity index (χ1v) is 10.3. The summed E-state index contributed by atoms with van der Waals surface area (Å²) >= 11 is 1.72. The van der Waals surface area contributed by atoms with Crippen molar-refractivity contribution in [2.45, 2.75) is 13.0 Å². The summed E-state index contributed by atoms with van der Waals surface area (Å²) in [6.07, 6.45) is 2.89. The van der Waals surface area contributed by atoms with Crippen LogP contribution in [0.5, 0.6) is 0 Å². The molecule has 0 spiro atoms. The third-order valence-electron chi connectivity index (χ3n) is 4.86. The number of thioether (sulfide) groups is 1. The van der Waals surface area contributed by atoms with Crippen LogP contribution in [-0.2, 0) is 16.1 Å². The quantitative estimate of drug-likeness (QED) is 0.707. The molecule has 2 aromatic carbocycles. The fourth-order valence-electron chi connectivity index (χ4n) is 3.21. The van der Waals surface area contributed by atoms with Gasteiger partial charge in [0.2, 0.25) is 5.91 Å². The summed E-state index contributed by atoms with van der Waals surface area (Å²) in [6, 6.07) is 8.49. The number of halogens is 2. The Morgan fingerprint density at radius 1 is 1.21 bits per heavy atom. The highest BCUT2D eigenvalue weighted by Crippen LogP contribution is 2.40. The lowest BCUT2D eigenvalue weighted by Crippen LogP contribution is -2.25. The molecule has 1 aliphatic rings. The van der Waals surface area contributed by atoms with Crippen LogP contribution in [0, 0.1) is 23.5 Å². The lowest BCUT2D eigenvalue weighted by Gasteiger charge is -2.11. The highest BCUT2D eigenvalue weighted by molar-refractivity contribution is 7.98. The summed E-state index contributed by atoms with van der Waals surface area (Å²) in [4.78, 5) is 24.0. The molecule has 0 radical (unpaired) electrons. The first-order valence-electron chi connectivity index (χ1n) is 8.88. The van der Waals surface area contributed by atoms with Gasteiger partial charge in [0.15, 0.2) is 0 Å². The van der Waals surface area contributed by atoms with Crippen molar-refractivity contribution in [2.75, 3.05) is 19.1 Å². The van der Waals surface area contributed by atoms with Gasteiger partial charge in [0, 0.05) is 18.0 Å². The van der Waals surface area contributed by atoms with Crippen molar-refractivity contribution in [1.82, 2.24) is 5.32 Å². The number of rotatable bonds is 7. The predicted octanol–water partition coefficient (Wildman–Crippen LogP) is 4.03. The van der Waals surface area contributed by atoms with Gasteiger partial charge in [-0.05, 0) is 47.6 Å². The number of benzene rings is 2. The zero-order valence-corrected chi connectivity index (χ0v) is 16.4. The maximum atomic E-state index is 14.6. The van der Waals surface area contributed by atoms with Crippen LogP contribution in [0.2, 0.25) is 0 Å². The number of esters is 1. The Hall–Kier alpha value is -2.41. The summed E-state index contributed by atoms with van der Waals surface area (Å²) in [7, 11) is 1.16. The highest BCUT2D eigenvalue weighted by Gasteiger charge is 2.42. The molecule has 0 heterocycles. The van der Waals surface area contributed by atoms with Crippen LogP contribution in [0.1, 0.15) is 22.3 Å². The lowest BCUT2D eigenvalue weighted by molar-refractivity contribution is -0.122. The van der Waals surface area contributed by atoms with E-state index in [2.05, 4.69) is 10.1 Å². The summed E-state index contributed by atoms with van der Waals surface area (Å²) in [5.41, 5.74) is 0.697. The molecule has 1 saturated carbocycles. The second kappa shape index (κ2) is 8.73. The standard InChI is InChI=1S/C21H21F2NO3S/c1-27-21(26)19-15(4-3-5-17(19)22)12-6-7-13(18(23)9-12)10-24-20(25)16-8-14(16)11-28-2/h3-7,9,14,16H,8,10-11H2,1-2H3,(H,24,25)/t14-,16+/m0/s1. The van der Waals surface area contributed by atoms with Gasteiger partial charge in [0.05, 0.1) is 7.11 Å². The Balaban J connectivity index is 1.74. The Morgan fingerprint density at radius 3 is 2.68 bits per heavy atom. The molecule has 0 saturated heterocycles. The smallest absolute Gasteiger partial charge is 0.341 e. The molecule has 148 valence electrons. The number of carbonyl (C=O) groups is 2. The fourth-order valence-corrected chi connectivity index (χ4v) is 4.01. The van der Waals surface area contributed by atoms with E-state index in [9.17, 15) is 18.4 Å². The molecule has 1 aliphatic carbocycles. The SMILES string of the molecule is COC(=O)c1c(F)cccc1-c1ccc(CNC(=O)[C@@H]2C[C@H]2CSC)c(F)c1. The molecule has 3 rings (SSSR count). The van der Waals surface area contributed by atoms with E-state index in [1.807, 2.05) is 6.26 Å². The number of carbonyl (C=O) groups excluding carboxylic acids is 2. The van der Waals surface area contributed by atoms with E-state index in [1.165, 1.54) is 24.3 Å². The zero-order valence-electron chi connectivity index (χ0n) is 15.6. The number of hydrogen-bond donors (Lipinski definition) is 1. The van der Waals surface area contributed by atoms with E-state index in [1.54, 1.807) is 17.8 Å². The molecule has 0 unspecified atom stereocenters. The number of methoxy groups -OCH3 is 1. The summed E-state index contributed by atoms with van der Waals surface area (Å²) in [5.74, 6) is -0.761. The van der Waals surface area contributed by atoms with Gasteiger partial charge < -0.3 is 10.1 Å². The van der Waals surface area contributed by atoms with Gasteiger partial charge in [-0.3, -0.25) is 4.79 Å². The maximum absolute atomic E-state index is 14.6. The van der Waals surface area contributed by atoms with E-state index in [4.69, 9.17) is 0 Å². The number of hydrogen-bond acceptors (Lipinski definition) is 4. The topological polar surface area (TPSA) is 55.4 Å². The summed E-state index contributed by atoms with van der Waals surface area (Å²) in [6.45, 7) is 0.0838. The first-order chi connectivity index (χ1) is 13.5. The van der Waals surface area contributed by atoms with Crippen molar-refractivity contribution in [3.63, 3.8) is 0 Å². The molecule has 1 fully saturated rings. The molecule has 1 N–H and O–H groups in total. The average Bonchev–Trinajstić information content (AvgIpc) is 3.45. The molecule has 0 aromatic heterocycles. The minimum absolute atomic E-state index is 0.0182. The summed E-state index contributed by atoms with van der Waals surface area (Å²) in [5, 5.41) is 2.77. The van der Waals surface area contributed by atoms with Gasteiger partial charge in [-0.25, -0.2) is 13.6 Å². The van der Waals surface area contributed by atoms with Crippen LogP contribution in [-0.4, -0.2) is 31.0 Å². The fraction of sp³-hybridized carbons (Fsp3) is 0.333. The van der Waals surface area contributed by atoms with Crippen LogP contribution >= 0.6 is 11.8 Å². The number of amides is 1. The van der Waals surface area contributed by atoms with Gasteiger partial charge in [-0.15, -0.1) is 0 Å². The van der Waals surface area contributed by atoms with Crippen LogP contribution < -0.4 is 5.32 Å². The molecular formula is C21H21F2NO3S. The second-order valence-electron chi connectivity index (χ2n) is 6.74. The van der Waals surface area contributed by atoms with Crippen LogP contribution in [0.3, 0.4) is 0 Å². The molecule has 1 amide bonds. The van der Waals surface area contributed by atoms with Crippen molar-refractivity contribution >= 4 is 23.6 Å².